The number of hydrogen-bond acceptors (Lipinski definition) is 7. The summed E-state index contributed by atoms with van der Waals surface area (Å²) < 4.78 is 16.0. The minimum atomic E-state index is -0.959. The molecule has 45 heavy (non-hydrogen) atoms. The normalized spacial score (nSPS) is 15.0. The zero-order valence-corrected chi connectivity index (χ0v) is 26.1. The number of ether oxygens (including phenoxy) is 3. The largest absolute Gasteiger partial charge is 0.489 e. The average molecular weight is 613 g/mol. The lowest BCUT2D eigenvalue weighted by Crippen LogP contribution is -2.44. The van der Waals surface area contributed by atoms with Crippen LogP contribution in [0.5, 0.6) is 5.75 Å². The molecule has 2 amide bonds. The van der Waals surface area contributed by atoms with Crippen molar-refractivity contribution in [3.8, 4) is 5.75 Å². The first-order valence-corrected chi connectivity index (χ1v) is 15.0. The first-order valence-electron chi connectivity index (χ1n) is 15.0. The van der Waals surface area contributed by atoms with Crippen molar-refractivity contribution in [3.05, 3.63) is 113 Å². The van der Waals surface area contributed by atoms with Crippen molar-refractivity contribution in [3.63, 3.8) is 0 Å². The monoisotopic (exact) mass is 612 g/mol. The Morgan fingerprint density at radius 3 is 2.29 bits per heavy atom. The molecule has 0 fully saturated rings. The van der Waals surface area contributed by atoms with Gasteiger partial charge >= 0.3 is 12.1 Å². The van der Waals surface area contributed by atoms with Gasteiger partial charge in [-0.2, -0.15) is 0 Å². The molecule has 4 rings (SSSR count). The molecule has 0 spiro atoms. The number of nitrogens with one attached hydrogen (secondary N) is 2. The summed E-state index contributed by atoms with van der Waals surface area (Å²) in [6.45, 7) is 5.51. The summed E-state index contributed by atoms with van der Waals surface area (Å²) in [5, 5.41) is 5.67. The van der Waals surface area contributed by atoms with E-state index in [-0.39, 0.29) is 18.4 Å². The highest BCUT2D eigenvalue weighted by molar-refractivity contribution is 6.01. The van der Waals surface area contributed by atoms with Crippen molar-refractivity contribution in [2.45, 2.75) is 70.7 Å². The maximum atomic E-state index is 13.3. The highest BCUT2D eigenvalue weighted by Crippen LogP contribution is 2.29. The van der Waals surface area contributed by atoms with E-state index in [4.69, 9.17) is 14.2 Å². The summed E-state index contributed by atoms with van der Waals surface area (Å²) in [7, 11) is 1.34. The highest BCUT2D eigenvalue weighted by atomic mass is 16.6. The quantitative estimate of drug-likeness (QED) is 0.207. The fraction of sp³-hybridized carbons (Fsp3) is 0.333. The Balaban J connectivity index is 1.38. The summed E-state index contributed by atoms with van der Waals surface area (Å²) in [5.74, 6) is -0.599. The van der Waals surface area contributed by atoms with E-state index in [1.165, 1.54) is 24.8 Å². The van der Waals surface area contributed by atoms with Crippen molar-refractivity contribution in [1.29, 1.82) is 0 Å². The van der Waals surface area contributed by atoms with Gasteiger partial charge in [0.05, 0.1) is 24.8 Å². The molecule has 9 heteroatoms. The van der Waals surface area contributed by atoms with Crippen molar-refractivity contribution in [2.75, 3.05) is 7.11 Å². The Bertz CT molecular complexity index is 1520. The van der Waals surface area contributed by atoms with E-state index < -0.39 is 29.5 Å². The molecule has 2 N–H and O–H groups in total. The van der Waals surface area contributed by atoms with E-state index in [0.29, 0.717) is 17.9 Å². The minimum absolute atomic E-state index is 0.113. The highest BCUT2D eigenvalue weighted by Gasteiger charge is 2.24. The predicted molar refractivity (Wildman–Crippen MR) is 170 cm³/mol. The van der Waals surface area contributed by atoms with Gasteiger partial charge in [-0.3, -0.25) is 9.59 Å². The second kappa shape index (κ2) is 15.2. The summed E-state index contributed by atoms with van der Waals surface area (Å²) in [4.78, 5) is 50.3. The molecule has 3 aromatic rings. The fourth-order valence-electron chi connectivity index (χ4n) is 5.05. The third kappa shape index (κ3) is 10.1. The van der Waals surface area contributed by atoms with E-state index in [1.54, 1.807) is 57.2 Å². The predicted octanol–water partition coefficient (Wildman–Crippen LogP) is 5.81. The number of ketones is 1. The molecule has 9 nitrogen and oxygen atoms in total. The Morgan fingerprint density at radius 2 is 1.60 bits per heavy atom. The molecule has 3 aromatic carbocycles. The first kappa shape index (κ1) is 33.0. The Morgan fingerprint density at radius 1 is 0.911 bits per heavy atom. The summed E-state index contributed by atoms with van der Waals surface area (Å²) in [6, 6.07) is 21.1. The van der Waals surface area contributed by atoms with Crippen LogP contribution in [0.1, 0.15) is 72.3 Å². The molecule has 0 heterocycles. The number of carbonyl (C=O) groups is 4. The van der Waals surface area contributed by atoms with Gasteiger partial charge in [-0.05, 0) is 92.6 Å². The van der Waals surface area contributed by atoms with Crippen LogP contribution in [0.3, 0.4) is 0 Å². The minimum Gasteiger partial charge on any atom is -0.489 e. The molecule has 1 aliphatic carbocycles. The SMILES string of the molecule is COC(=O)c1ccc(COc2ccc(CC(NC(=O)OC(C)(C)C)C(=O)/C=C/C(=O)NC3CCCc4ccccc43)cc2)cc1. The van der Waals surface area contributed by atoms with Gasteiger partial charge in [0.15, 0.2) is 5.78 Å². The summed E-state index contributed by atoms with van der Waals surface area (Å²) >= 11 is 0. The Labute approximate surface area is 264 Å². The van der Waals surface area contributed by atoms with E-state index >= 15 is 0 Å². The molecular formula is C36H40N2O7. The molecule has 2 atom stereocenters. The number of fused-ring (bicyclic) bond motifs is 1. The van der Waals surface area contributed by atoms with Crippen LogP contribution >= 0.6 is 0 Å². The van der Waals surface area contributed by atoms with E-state index in [0.717, 1.165) is 36.0 Å². The third-order valence-electron chi connectivity index (χ3n) is 7.26. The number of aryl methyl sites for hydroxylation is 1. The number of amides is 2. The van der Waals surface area contributed by atoms with Crippen LogP contribution in [0.25, 0.3) is 0 Å². The standard InChI is InChI=1S/C36H40N2O7/c1-36(2,3)45-35(42)38-31(32(39)20-21-33(40)37-30-11-7-9-26-8-5-6-10-29(26)30)22-24-14-18-28(19-15-24)44-23-25-12-16-27(17-13-25)34(41)43-4/h5-6,8,10,12-21,30-31H,7,9,11,22-23H2,1-4H3,(H,37,40)(H,38,42)/b21-20+. The van der Waals surface area contributed by atoms with Gasteiger partial charge < -0.3 is 24.8 Å². The summed E-state index contributed by atoms with van der Waals surface area (Å²) in [6.07, 6.45) is 4.65. The van der Waals surface area contributed by atoms with Crippen molar-refractivity contribution >= 4 is 23.8 Å². The molecule has 0 saturated carbocycles. The molecule has 0 bridgehead atoms. The van der Waals surface area contributed by atoms with E-state index in [2.05, 4.69) is 16.7 Å². The van der Waals surface area contributed by atoms with Gasteiger partial charge in [-0.1, -0.05) is 48.5 Å². The lowest BCUT2D eigenvalue weighted by atomic mass is 9.88. The average Bonchev–Trinajstić information content (AvgIpc) is 3.02. The maximum absolute atomic E-state index is 13.3. The molecular weight excluding hydrogens is 572 g/mol. The molecule has 0 saturated heterocycles. The van der Waals surface area contributed by atoms with E-state index in [1.807, 2.05) is 30.3 Å². The topological polar surface area (TPSA) is 120 Å². The number of alkyl carbamates (subject to hydrolysis) is 1. The number of esters is 1. The van der Waals surface area contributed by atoms with Crippen molar-refractivity contribution < 1.29 is 33.4 Å². The van der Waals surface area contributed by atoms with Gasteiger partial charge in [-0.25, -0.2) is 9.59 Å². The van der Waals surface area contributed by atoms with E-state index in [9.17, 15) is 19.2 Å². The lowest BCUT2D eigenvalue weighted by Gasteiger charge is -2.25. The Kier molecular flexibility index (Phi) is 11.1. The Hall–Kier alpha value is -4.92. The van der Waals surface area contributed by atoms with Gasteiger partial charge in [0.1, 0.15) is 18.0 Å². The van der Waals surface area contributed by atoms with Gasteiger partial charge in [0.25, 0.3) is 0 Å². The maximum Gasteiger partial charge on any atom is 0.408 e. The van der Waals surface area contributed by atoms with Crippen LogP contribution in [0.15, 0.2) is 84.9 Å². The molecule has 0 aromatic heterocycles. The summed E-state index contributed by atoms with van der Waals surface area (Å²) in [5.41, 5.74) is 3.69. The smallest absolute Gasteiger partial charge is 0.408 e. The molecule has 236 valence electrons. The van der Waals surface area contributed by atoms with Gasteiger partial charge in [-0.15, -0.1) is 0 Å². The number of benzene rings is 3. The van der Waals surface area contributed by atoms with Gasteiger partial charge in [0, 0.05) is 12.5 Å². The zero-order chi connectivity index (χ0) is 32.4. The molecule has 1 aliphatic rings. The number of hydrogen-bond donors (Lipinski definition) is 2. The van der Waals surface area contributed by atoms with Crippen LogP contribution in [-0.4, -0.2) is 42.5 Å². The van der Waals surface area contributed by atoms with Crippen LogP contribution in [0, 0.1) is 0 Å². The van der Waals surface area contributed by atoms with Crippen LogP contribution in [-0.2, 0) is 38.5 Å². The van der Waals surface area contributed by atoms with Crippen LogP contribution in [0.4, 0.5) is 4.79 Å². The van der Waals surface area contributed by atoms with Crippen molar-refractivity contribution in [1.82, 2.24) is 10.6 Å². The zero-order valence-electron chi connectivity index (χ0n) is 26.1. The number of carbonyl (C=O) groups excluding carboxylic acids is 4. The fourth-order valence-corrected chi connectivity index (χ4v) is 5.05. The molecule has 0 radical (unpaired) electrons. The second-order valence-electron chi connectivity index (χ2n) is 11.9. The third-order valence-corrected chi connectivity index (χ3v) is 7.26. The lowest BCUT2D eigenvalue weighted by molar-refractivity contribution is -0.119. The first-order chi connectivity index (χ1) is 21.5. The molecule has 0 aliphatic heterocycles. The number of rotatable bonds is 11. The number of methoxy groups -OCH3 is 1. The van der Waals surface area contributed by atoms with Gasteiger partial charge in [0.2, 0.25) is 5.91 Å². The van der Waals surface area contributed by atoms with Crippen LogP contribution < -0.4 is 15.4 Å². The molecule has 2 unspecified atom stereocenters. The van der Waals surface area contributed by atoms with Crippen molar-refractivity contribution in [2.24, 2.45) is 0 Å². The van der Waals surface area contributed by atoms with Crippen LogP contribution in [0.2, 0.25) is 0 Å². The second-order valence-corrected chi connectivity index (χ2v) is 11.9.